The number of benzene rings is 2. The van der Waals surface area contributed by atoms with Crippen LogP contribution < -0.4 is 4.74 Å². The smallest absolute Gasteiger partial charge is 0.330 e. The van der Waals surface area contributed by atoms with E-state index in [4.69, 9.17) is 18.9 Å². The summed E-state index contributed by atoms with van der Waals surface area (Å²) >= 11 is 0. The Morgan fingerprint density at radius 1 is 0.931 bits per heavy atom. The Hall–Kier alpha value is -2.57. The summed E-state index contributed by atoms with van der Waals surface area (Å²) in [6, 6.07) is 7.83. The van der Waals surface area contributed by atoms with Gasteiger partial charge < -0.3 is 24.1 Å². The molecule has 0 saturated heterocycles. The number of hydrogen-bond acceptors (Lipinski definition) is 6. The zero-order valence-corrected chi connectivity index (χ0v) is 16.7. The molecule has 156 valence electrons. The van der Waals surface area contributed by atoms with Crippen molar-refractivity contribution in [1.82, 2.24) is 0 Å². The van der Waals surface area contributed by atoms with E-state index < -0.39 is 5.97 Å². The molecule has 0 bridgehead atoms. The van der Waals surface area contributed by atoms with Crippen LogP contribution in [0.1, 0.15) is 24.0 Å². The molecule has 0 aliphatic heterocycles. The third-order valence-corrected chi connectivity index (χ3v) is 4.94. The Labute approximate surface area is 171 Å². The number of phenols is 1. The minimum absolute atomic E-state index is 0.201. The lowest BCUT2D eigenvalue weighted by molar-refractivity contribution is -0.139. The van der Waals surface area contributed by atoms with Crippen LogP contribution in [0.3, 0.4) is 0 Å². The average molecular weight is 400 g/mol. The van der Waals surface area contributed by atoms with Crippen molar-refractivity contribution in [2.45, 2.75) is 25.7 Å². The van der Waals surface area contributed by atoms with E-state index in [-0.39, 0.29) is 6.61 Å². The molecule has 6 nitrogen and oxygen atoms in total. The number of aromatic hydroxyl groups is 1. The van der Waals surface area contributed by atoms with Gasteiger partial charge in [-0.05, 0) is 25.7 Å². The van der Waals surface area contributed by atoms with Gasteiger partial charge in [-0.1, -0.05) is 30.8 Å². The van der Waals surface area contributed by atoms with Gasteiger partial charge in [-0.3, -0.25) is 0 Å². The van der Waals surface area contributed by atoms with Gasteiger partial charge in [0, 0.05) is 28.0 Å². The second kappa shape index (κ2) is 10.8. The van der Waals surface area contributed by atoms with Crippen LogP contribution in [-0.4, -0.2) is 50.7 Å². The predicted molar refractivity (Wildman–Crippen MR) is 111 cm³/mol. The summed E-state index contributed by atoms with van der Waals surface area (Å²) in [5.41, 5.74) is 2.15. The van der Waals surface area contributed by atoms with Crippen LogP contribution >= 0.6 is 0 Å². The predicted octanol–water partition coefficient (Wildman–Crippen LogP) is 3.57. The molecule has 0 saturated carbocycles. The maximum Gasteiger partial charge on any atom is 0.330 e. The molecule has 0 spiro atoms. The monoisotopic (exact) mass is 400 g/mol. The maximum absolute atomic E-state index is 10.9. The van der Waals surface area contributed by atoms with Crippen LogP contribution in [0.5, 0.6) is 11.5 Å². The number of carbonyl (C=O) groups is 1. The molecule has 1 N–H and O–H groups in total. The van der Waals surface area contributed by atoms with Gasteiger partial charge in [-0.15, -0.1) is 0 Å². The van der Waals surface area contributed by atoms with Crippen molar-refractivity contribution in [3.8, 4) is 11.5 Å². The summed E-state index contributed by atoms with van der Waals surface area (Å²) in [4.78, 5) is 10.9. The number of rotatable bonds is 11. The van der Waals surface area contributed by atoms with Gasteiger partial charge >= 0.3 is 5.97 Å². The molecule has 0 radical (unpaired) electrons. The quantitative estimate of drug-likeness (QED) is 0.353. The molecule has 29 heavy (non-hydrogen) atoms. The molecule has 1 aliphatic rings. The van der Waals surface area contributed by atoms with Crippen molar-refractivity contribution in [2.75, 3.05) is 39.6 Å². The molecule has 6 heteroatoms. The van der Waals surface area contributed by atoms with Crippen LogP contribution in [0.15, 0.2) is 36.9 Å². The molecule has 2 aromatic rings. The molecule has 3 rings (SSSR count). The fraction of sp³-hybridized carbons (Fsp3) is 0.435. The third-order valence-electron chi connectivity index (χ3n) is 4.94. The van der Waals surface area contributed by atoms with E-state index in [1.807, 2.05) is 24.3 Å². The first kappa shape index (κ1) is 21.1. The van der Waals surface area contributed by atoms with Gasteiger partial charge in [0.05, 0.1) is 26.4 Å². The van der Waals surface area contributed by atoms with Crippen LogP contribution in [0.4, 0.5) is 0 Å². The first-order valence-electron chi connectivity index (χ1n) is 10.0. The van der Waals surface area contributed by atoms with Gasteiger partial charge in [0.1, 0.15) is 24.7 Å². The first-order chi connectivity index (χ1) is 14.2. The summed E-state index contributed by atoms with van der Waals surface area (Å²) in [6.07, 6.45) is 5.13. The minimum atomic E-state index is -0.453. The molecule has 2 aromatic carbocycles. The molecule has 0 aromatic heterocycles. The number of carbonyl (C=O) groups excluding carboxylic acids is 1. The van der Waals surface area contributed by atoms with E-state index in [1.165, 1.54) is 0 Å². The zero-order chi connectivity index (χ0) is 20.5. The number of phenolic OH excluding ortho intramolecular Hbond substituents is 1. The van der Waals surface area contributed by atoms with Crippen LogP contribution in [0, 0.1) is 0 Å². The van der Waals surface area contributed by atoms with Crippen molar-refractivity contribution in [2.24, 2.45) is 0 Å². The van der Waals surface area contributed by atoms with Crippen molar-refractivity contribution < 1.29 is 28.8 Å². The molecule has 0 atom stereocenters. The van der Waals surface area contributed by atoms with Gasteiger partial charge in [0.25, 0.3) is 0 Å². The Morgan fingerprint density at radius 3 is 2.28 bits per heavy atom. The molecular weight excluding hydrogens is 372 g/mol. The lowest BCUT2D eigenvalue weighted by atomic mass is 9.87. The van der Waals surface area contributed by atoms with Crippen LogP contribution in [-0.2, 0) is 31.8 Å². The lowest BCUT2D eigenvalue weighted by Crippen LogP contribution is -2.14. The minimum Gasteiger partial charge on any atom is -0.507 e. The summed E-state index contributed by atoms with van der Waals surface area (Å²) in [5, 5.41) is 12.5. The maximum atomic E-state index is 10.9. The van der Waals surface area contributed by atoms with Crippen LogP contribution in [0.25, 0.3) is 10.8 Å². The van der Waals surface area contributed by atoms with E-state index in [0.29, 0.717) is 38.8 Å². The fourth-order valence-corrected chi connectivity index (χ4v) is 3.58. The summed E-state index contributed by atoms with van der Waals surface area (Å²) < 4.78 is 21.8. The Kier molecular flexibility index (Phi) is 7.90. The summed E-state index contributed by atoms with van der Waals surface area (Å²) in [6.45, 7) is 5.58. The molecule has 0 amide bonds. The molecule has 0 unspecified atom stereocenters. The number of esters is 1. The Bertz CT molecular complexity index is 845. The topological polar surface area (TPSA) is 74.2 Å². The van der Waals surface area contributed by atoms with Crippen molar-refractivity contribution in [1.29, 1.82) is 0 Å². The number of ether oxygens (including phenoxy) is 4. The van der Waals surface area contributed by atoms with Crippen molar-refractivity contribution >= 4 is 16.7 Å². The fourth-order valence-electron chi connectivity index (χ4n) is 3.58. The Balaban J connectivity index is 1.46. The standard InChI is InChI=1S/C23H28O6/c1-2-21(24)28-15-13-26-11-12-27-14-16-29-23-19-9-5-3-7-17(19)22(25)18-8-4-6-10-20(18)23/h2-3,5,7,9,25H,1,4,6,8,10-16H2. The highest BCUT2D eigenvalue weighted by molar-refractivity contribution is 5.96. The van der Waals surface area contributed by atoms with E-state index in [1.54, 1.807) is 0 Å². The lowest BCUT2D eigenvalue weighted by Gasteiger charge is -2.23. The third kappa shape index (κ3) is 5.49. The first-order valence-corrected chi connectivity index (χ1v) is 10.0. The van der Waals surface area contributed by atoms with Gasteiger partial charge in [-0.25, -0.2) is 4.79 Å². The van der Waals surface area contributed by atoms with E-state index in [0.717, 1.165) is 59.4 Å². The highest BCUT2D eigenvalue weighted by atomic mass is 16.6. The second-order valence-corrected chi connectivity index (χ2v) is 6.83. The van der Waals surface area contributed by atoms with E-state index in [9.17, 15) is 9.90 Å². The zero-order valence-electron chi connectivity index (χ0n) is 16.7. The second-order valence-electron chi connectivity index (χ2n) is 6.83. The number of fused-ring (bicyclic) bond motifs is 2. The Morgan fingerprint density at radius 2 is 1.55 bits per heavy atom. The van der Waals surface area contributed by atoms with E-state index >= 15 is 0 Å². The molecular formula is C23H28O6. The van der Waals surface area contributed by atoms with Gasteiger partial charge in [0.15, 0.2) is 0 Å². The highest BCUT2D eigenvalue weighted by Crippen LogP contribution is 2.43. The van der Waals surface area contributed by atoms with Gasteiger partial charge in [-0.2, -0.15) is 0 Å². The largest absolute Gasteiger partial charge is 0.507 e. The normalized spacial score (nSPS) is 13.1. The van der Waals surface area contributed by atoms with Crippen molar-refractivity contribution in [3.63, 3.8) is 0 Å². The number of hydrogen-bond donors (Lipinski definition) is 1. The molecule has 1 aliphatic carbocycles. The highest BCUT2D eigenvalue weighted by Gasteiger charge is 2.22. The SMILES string of the molecule is C=CC(=O)OCCOCCOCCOc1c2c(c(O)c3ccccc13)CCCC2. The summed E-state index contributed by atoms with van der Waals surface area (Å²) in [5.74, 6) is 0.817. The average Bonchev–Trinajstić information content (AvgIpc) is 2.76. The van der Waals surface area contributed by atoms with E-state index in [2.05, 4.69) is 6.58 Å². The van der Waals surface area contributed by atoms with Crippen molar-refractivity contribution in [3.05, 3.63) is 48.0 Å². The molecule has 0 heterocycles. The van der Waals surface area contributed by atoms with Crippen LogP contribution in [0.2, 0.25) is 0 Å². The molecule has 0 fully saturated rings. The van der Waals surface area contributed by atoms with Gasteiger partial charge in [0.2, 0.25) is 0 Å². The summed E-state index contributed by atoms with van der Waals surface area (Å²) in [7, 11) is 0.